The highest BCUT2D eigenvalue weighted by molar-refractivity contribution is 9.11. The summed E-state index contributed by atoms with van der Waals surface area (Å²) < 4.78 is 6.82. The van der Waals surface area contributed by atoms with Crippen molar-refractivity contribution in [2.75, 3.05) is 11.9 Å². The fourth-order valence-corrected chi connectivity index (χ4v) is 3.87. The third kappa shape index (κ3) is 3.09. The Morgan fingerprint density at radius 2 is 2.12 bits per heavy atom. The molecule has 0 spiro atoms. The van der Waals surface area contributed by atoms with Crippen LogP contribution in [0.5, 0.6) is 5.06 Å². The zero-order chi connectivity index (χ0) is 11.4. The molecule has 0 aliphatic carbocycles. The molecule has 0 aromatic carbocycles. The van der Waals surface area contributed by atoms with Gasteiger partial charge in [-0.3, -0.25) is 0 Å². The fraction of sp³-hybridized carbons (Fsp3) is 0.273. The molecular weight excluding hydrogens is 372 g/mol. The van der Waals surface area contributed by atoms with Crippen molar-refractivity contribution in [3.05, 3.63) is 27.4 Å². The molecule has 0 radical (unpaired) electrons. The van der Waals surface area contributed by atoms with Crippen LogP contribution in [0.1, 0.15) is 6.42 Å². The van der Waals surface area contributed by atoms with E-state index >= 15 is 0 Å². The minimum absolute atomic E-state index is 0.774. The lowest BCUT2D eigenvalue weighted by molar-refractivity contribution is 0.328. The van der Waals surface area contributed by atoms with E-state index in [2.05, 4.69) is 49.4 Å². The van der Waals surface area contributed by atoms with Gasteiger partial charge in [0, 0.05) is 15.8 Å². The summed E-state index contributed by atoms with van der Waals surface area (Å²) in [5, 5.41) is 4.07. The minimum Gasteiger partial charge on any atom is -0.484 e. The van der Waals surface area contributed by atoms with Gasteiger partial charge in [-0.05, 0) is 45.9 Å². The number of halogens is 2. The molecule has 16 heavy (non-hydrogen) atoms. The van der Waals surface area contributed by atoms with Crippen LogP contribution in [0.2, 0.25) is 0 Å². The van der Waals surface area contributed by atoms with Crippen LogP contribution < -0.4 is 4.74 Å². The van der Waals surface area contributed by atoms with E-state index in [1.807, 2.05) is 6.07 Å². The molecule has 0 saturated heterocycles. The predicted octanol–water partition coefficient (Wildman–Crippen LogP) is 5.40. The lowest BCUT2D eigenvalue weighted by Crippen LogP contribution is -1.95. The van der Waals surface area contributed by atoms with Gasteiger partial charge in [-0.15, -0.1) is 11.3 Å². The lowest BCUT2D eigenvalue weighted by atomic mass is 10.3. The molecule has 0 fully saturated rings. The van der Waals surface area contributed by atoms with Crippen LogP contribution in [0.25, 0.3) is 10.4 Å². The number of thiophene rings is 2. The molecule has 0 aliphatic heterocycles. The molecule has 5 heteroatoms. The molecule has 2 aromatic rings. The summed E-state index contributed by atoms with van der Waals surface area (Å²) in [4.78, 5) is 1.25. The molecule has 0 bridgehead atoms. The highest BCUT2D eigenvalue weighted by atomic mass is 79.9. The monoisotopic (exact) mass is 380 g/mol. The smallest absolute Gasteiger partial charge is 0.174 e. The van der Waals surface area contributed by atoms with Crippen LogP contribution in [0.3, 0.4) is 0 Å². The Bertz CT molecular complexity index is 450. The second-order valence-electron chi connectivity index (χ2n) is 3.12. The standard InChI is InChI=1S/C11H10Br2OS2/c12-5-1-6-14-10-3-2-9(16-10)8-4-7-15-11(8)13/h2-4,7H,1,5-6H2. The lowest BCUT2D eigenvalue weighted by Gasteiger charge is -1.99. The third-order valence-electron chi connectivity index (χ3n) is 1.99. The molecule has 2 heterocycles. The van der Waals surface area contributed by atoms with E-state index in [4.69, 9.17) is 4.74 Å². The number of rotatable bonds is 5. The summed E-state index contributed by atoms with van der Waals surface area (Å²) in [6.07, 6.45) is 1.04. The van der Waals surface area contributed by atoms with E-state index in [-0.39, 0.29) is 0 Å². The van der Waals surface area contributed by atoms with E-state index in [1.54, 1.807) is 22.7 Å². The molecule has 0 saturated carbocycles. The number of hydrogen-bond acceptors (Lipinski definition) is 3. The molecule has 2 aromatic heterocycles. The second-order valence-corrected chi connectivity index (χ2v) is 7.19. The maximum Gasteiger partial charge on any atom is 0.174 e. The van der Waals surface area contributed by atoms with Crippen molar-refractivity contribution >= 4 is 54.5 Å². The zero-order valence-corrected chi connectivity index (χ0v) is 13.2. The van der Waals surface area contributed by atoms with Crippen LogP contribution in [0, 0.1) is 0 Å². The van der Waals surface area contributed by atoms with Crippen molar-refractivity contribution in [3.8, 4) is 15.5 Å². The molecule has 1 nitrogen and oxygen atoms in total. The highest BCUT2D eigenvalue weighted by Crippen LogP contribution is 2.39. The van der Waals surface area contributed by atoms with E-state index in [9.17, 15) is 0 Å². The summed E-state index contributed by atoms with van der Waals surface area (Å²) in [5.41, 5.74) is 1.25. The van der Waals surface area contributed by atoms with Crippen LogP contribution in [-0.4, -0.2) is 11.9 Å². The number of hydrogen-bond donors (Lipinski definition) is 0. The number of ether oxygens (including phenoxy) is 1. The highest BCUT2D eigenvalue weighted by Gasteiger charge is 2.07. The fourth-order valence-electron chi connectivity index (χ4n) is 1.24. The van der Waals surface area contributed by atoms with Gasteiger partial charge in [-0.1, -0.05) is 27.3 Å². The molecule has 0 aliphatic rings. The third-order valence-corrected chi connectivity index (χ3v) is 5.27. The topological polar surface area (TPSA) is 9.23 Å². The molecule has 0 N–H and O–H groups in total. The summed E-state index contributed by atoms with van der Waals surface area (Å²) in [6.45, 7) is 0.774. The molecular formula is C11H10Br2OS2. The van der Waals surface area contributed by atoms with Crippen molar-refractivity contribution in [2.24, 2.45) is 0 Å². The first kappa shape index (κ1) is 12.6. The quantitative estimate of drug-likeness (QED) is 0.497. The maximum atomic E-state index is 5.64. The van der Waals surface area contributed by atoms with E-state index in [0.29, 0.717) is 0 Å². The Hall–Kier alpha value is 0.160. The normalized spacial score (nSPS) is 10.6. The van der Waals surface area contributed by atoms with Crippen LogP contribution in [-0.2, 0) is 0 Å². The van der Waals surface area contributed by atoms with Gasteiger partial charge in [-0.2, -0.15) is 0 Å². The Morgan fingerprint density at radius 3 is 2.81 bits per heavy atom. The van der Waals surface area contributed by atoms with Crippen molar-refractivity contribution in [1.82, 2.24) is 0 Å². The summed E-state index contributed by atoms with van der Waals surface area (Å²) in [7, 11) is 0. The van der Waals surface area contributed by atoms with E-state index in [0.717, 1.165) is 23.4 Å². The predicted molar refractivity (Wildman–Crippen MR) is 79.2 cm³/mol. The van der Waals surface area contributed by atoms with Gasteiger partial charge in [0.1, 0.15) is 0 Å². The largest absolute Gasteiger partial charge is 0.484 e. The minimum atomic E-state index is 0.774. The van der Waals surface area contributed by atoms with Crippen LogP contribution in [0.4, 0.5) is 0 Å². The Labute approximate surface area is 120 Å². The summed E-state index contributed by atoms with van der Waals surface area (Å²) in [5.74, 6) is 0. The molecule has 2 rings (SSSR count). The molecule has 86 valence electrons. The average Bonchev–Trinajstić information content (AvgIpc) is 2.87. The Morgan fingerprint density at radius 1 is 1.25 bits per heavy atom. The van der Waals surface area contributed by atoms with Crippen molar-refractivity contribution in [2.45, 2.75) is 6.42 Å². The van der Waals surface area contributed by atoms with Gasteiger partial charge in [0.15, 0.2) is 5.06 Å². The number of alkyl halides is 1. The van der Waals surface area contributed by atoms with Crippen molar-refractivity contribution in [3.63, 3.8) is 0 Å². The van der Waals surface area contributed by atoms with Crippen molar-refractivity contribution in [1.29, 1.82) is 0 Å². The average molecular weight is 382 g/mol. The van der Waals surface area contributed by atoms with Crippen molar-refractivity contribution < 1.29 is 4.74 Å². The van der Waals surface area contributed by atoms with Gasteiger partial charge in [-0.25, -0.2) is 0 Å². The molecule has 0 amide bonds. The molecule has 0 atom stereocenters. The van der Waals surface area contributed by atoms with Gasteiger partial charge in [0.2, 0.25) is 0 Å². The van der Waals surface area contributed by atoms with Gasteiger partial charge in [0.25, 0.3) is 0 Å². The Kier molecular flexibility index (Phi) is 4.88. The first-order valence-electron chi connectivity index (χ1n) is 4.83. The SMILES string of the molecule is BrCCCOc1ccc(-c2ccsc2Br)s1. The maximum absolute atomic E-state index is 5.64. The second kappa shape index (κ2) is 6.19. The Balaban J connectivity index is 2.05. The summed E-state index contributed by atoms with van der Waals surface area (Å²) >= 11 is 10.3. The van der Waals surface area contributed by atoms with Gasteiger partial charge < -0.3 is 4.74 Å². The van der Waals surface area contributed by atoms with E-state index in [1.165, 1.54) is 14.2 Å². The van der Waals surface area contributed by atoms with Gasteiger partial charge in [0.05, 0.1) is 10.4 Å². The van der Waals surface area contributed by atoms with Gasteiger partial charge >= 0.3 is 0 Å². The van der Waals surface area contributed by atoms with Crippen LogP contribution in [0.15, 0.2) is 27.4 Å². The summed E-state index contributed by atoms with van der Waals surface area (Å²) in [6, 6.07) is 6.28. The first-order chi connectivity index (χ1) is 7.81. The molecule has 0 unspecified atom stereocenters. The van der Waals surface area contributed by atoms with Crippen LogP contribution >= 0.6 is 54.5 Å². The zero-order valence-electron chi connectivity index (χ0n) is 8.41. The first-order valence-corrected chi connectivity index (χ1v) is 8.44. The van der Waals surface area contributed by atoms with E-state index < -0.39 is 0 Å².